The lowest BCUT2D eigenvalue weighted by Crippen LogP contribution is -2.43. The van der Waals surface area contributed by atoms with Crippen molar-refractivity contribution in [2.45, 2.75) is 45.1 Å². The summed E-state index contributed by atoms with van der Waals surface area (Å²) in [6.45, 7) is 1.74. The number of benzene rings is 1. The van der Waals surface area contributed by atoms with E-state index in [4.69, 9.17) is 0 Å². The van der Waals surface area contributed by atoms with Crippen molar-refractivity contribution in [2.75, 3.05) is 13.6 Å². The average Bonchev–Trinajstić information content (AvgIpc) is 3.35. The minimum absolute atomic E-state index is 0.153. The molecule has 0 radical (unpaired) electrons. The summed E-state index contributed by atoms with van der Waals surface area (Å²) >= 11 is 1.56. The topological polar surface area (TPSA) is 70.6 Å². The van der Waals surface area contributed by atoms with Gasteiger partial charge in [-0.15, -0.1) is 11.3 Å². The van der Waals surface area contributed by atoms with Gasteiger partial charge in [0.1, 0.15) is 11.6 Å². The number of fused-ring (bicyclic) bond motifs is 1. The Morgan fingerprint density at radius 1 is 1.30 bits per heavy atom. The summed E-state index contributed by atoms with van der Waals surface area (Å²) in [7, 11) is 1.70. The van der Waals surface area contributed by atoms with E-state index in [2.05, 4.69) is 4.98 Å². The first-order valence-electron chi connectivity index (χ1n) is 9.37. The molecule has 0 unspecified atom stereocenters. The van der Waals surface area contributed by atoms with Gasteiger partial charge >= 0.3 is 0 Å². The van der Waals surface area contributed by atoms with E-state index in [-0.39, 0.29) is 36.7 Å². The average molecular weight is 385 g/mol. The second-order valence-electron chi connectivity index (χ2n) is 7.65. The molecule has 1 aromatic carbocycles. The molecule has 1 spiro atoms. The van der Waals surface area contributed by atoms with Crippen LogP contribution in [0.5, 0.6) is 0 Å². The van der Waals surface area contributed by atoms with Crippen LogP contribution in [0.1, 0.15) is 50.1 Å². The lowest BCUT2D eigenvalue weighted by molar-refractivity contribution is -0.147. The van der Waals surface area contributed by atoms with Gasteiger partial charge in [-0.25, -0.2) is 4.98 Å². The van der Waals surface area contributed by atoms with Crippen LogP contribution in [0.2, 0.25) is 0 Å². The van der Waals surface area contributed by atoms with E-state index in [9.17, 15) is 14.4 Å². The molecule has 2 aromatic rings. The SMILES string of the molecule is C[C@@H](c1nc2ccccc2s1)N(C)C(=O)CN1C(=O)CC2(CCCC2)C1=O. The molecule has 2 aliphatic rings. The van der Waals surface area contributed by atoms with Gasteiger partial charge in [0.2, 0.25) is 17.7 Å². The molecule has 1 aromatic heterocycles. The van der Waals surface area contributed by atoms with Crippen LogP contribution >= 0.6 is 11.3 Å². The molecule has 7 heteroatoms. The fourth-order valence-corrected chi connectivity index (χ4v) is 5.22. The minimum Gasteiger partial charge on any atom is -0.335 e. The van der Waals surface area contributed by atoms with Gasteiger partial charge < -0.3 is 4.90 Å². The number of carbonyl (C=O) groups excluding carboxylic acids is 3. The molecule has 6 nitrogen and oxygen atoms in total. The number of nitrogens with zero attached hydrogens (tertiary/aromatic N) is 3. The maximum Gasteiger partial charge on any atom is 0.243 e. The second-order valence-corrected chi connectivity index (χ2v) is 8.71. The number of para-hydroxylation sites is 1. The van der Waals surface area contributed by atoms with Crippen LogP contribution in [0.4, 0.5) is 0 Å². The number of imide groups is 1. The fourth-order valence-electron chi connectivity index (χ4n) is 4.16. The largest absolute Gasteiger partial charge is 0.335 e. The number of hydrogen-bond donors (Lipinski definition) is 0. The van der Waals surface area contributed by atoms with Crippen LogP contribution in [0.25, 0.3) is 10.2 Å². The van der Waals surface area contributed by atoms with Crippen molar-refractivity contribution in [3.63, 3.8) is 0 Å². The molecule has 0 N–H and O–H groups in total. The van der Waals surface area contributed by atoms with Crippen molar-refractivity contribution in [3.8, 4) is 0 Å². The van der Waals surface area contributed by atoms with Crippen molar-refractivity contribution in [1.29, 1.82) is 0 Å². The quantitative estimate of drug-likeness (QED) is 0.758. The standard InChI is InChI=1S/C20H23N3O3S/c1-13(18-21-14-7-3-4-8-15(14)27-18)22(2)17(25)12-23-16(24)11-20(19(23)26)9-5-6-10-20/h3-4,7-8,13H,5-6,9-12H2,1-2H3/t13-/m0/s1. The third kappa shape index (κ3) is 3.04. The molecule has 0 bridgehead atoms. The maximum absolute atomic E-state index is 12.8. The normalized spacial score (nSPS) is 20.0. The number of amides is 3. The highest BCUT2D eigenvalue weighted by Crippen LogP contribution is 2.46. The molecule has 1 aliphatic carbocycles. The number of likely N-dealkylation sites (N-methyl/N-ethyl adjacent to an activating group) is 1. The van der Waals surface area contributed by atoms with Gasteiger partial charge in [-0.3, -0.25) is 19.3 Å². The number of hydrogen-bond acceptors (Lipinski definition) is 5. The smallest absolute Gasteiger partial charge is 0.243 e. The van der Waals surface area contributed by atoms with Crippen molar-refractivity contribution in [3.05, 3.63) is 29.3 Å². The predicted molar refractivity (Wildman–Crippen MR) is 103 cm³/mol. The Morgan fingerprint density at radius 3 is 2.70 bits per heavy atom. The van der Waals surface area contributed by atoms with E-state index in [0.717, 1.165) is 40.9 Å². The van der Waals surface area contributed by atoms with Gasteiger partial charge in [0.25, 0.3) is 0 Å². The Hall–Kier alpha value is -2.28. The highest BCUT2D eigenvalue weighted by molar-refractivity contribution is 7.18. The first kappa shape index (κ1) is 18.1. The van der Waals surface area contributed by atoms with Gasteiger partial charge in [-0.05, 0) is 31.9 Å². The Labute approximate surface area is 162 Å². The molecule has 27 heavy (non-hydrogen) atoms. The Morgan fingerprint density at radius 2 is 2.00 bits per heavy atom. The van der Waals surface area contributed by atoms with E-state index in [1.165, 1.54) is 4.90 Å². The Kier molecular flexibility index (Phi) is 4.50. The van der Waals surface area contributed by atoms with Gasteiger partial charge in [-0.1, -0.05) is 25.0 Å². The molecule has 1 atom stereocenters. The fraction of sp³-hybridized carbons (Fsp3) is 0.500. The molecule has 1 aliphatic heterocycles. The van der Waals surface area contributed by atoms with Crippen LogP contribution < -0.4 is 0 Å². The molecule has 142 valence electrons. The number of rotatable bonds is 4. The molecule has 2 fully saturated rings. The van der Waals surface area contributed by atoms with E-state index < -0.39 is 5.41 Å². The number of aromatic nitrogens is 1. The summed E-state index contributed by atoms with van der Waals surface area (Å²) in [6.07, 6.45) is 3.75. The number of likely N-dealkylation sites (tertiary alicyclic amines) is 1. The van der Waals surface area contributed by atoms with Gasteiger partial charge in [0, 0.05) is 13.5 Å². The zero-order chi connectivity index (χ0) is 19.2. The van der Waals surface area contributed by atoms with Crippen LogP contribution in [-0.4, -0.2) is 46.1 Å². The zero-order valence-corrected chi connectivity index (χ0v) is 16.4. The van der Waals surface area contributed by atoms with E-state index in [1.807, 2.05) is 31.2 Å². The summed E-state index contributed by atoms with van der Waals surface area (Å²) in [4.78, 5) is 45.3. The number of carbonyl (C=O) groups is 3. The first-order valence-corrected chi connectivity index (χ1v) is 10.2. The Bertz CT molecular complexity index is 883. The molecule has 1 saturated heterocycles. The highest BCUT2D eigenvalue weighted by atomic mass is 32.1. The van der Waals surface area contributed by atoms with Crippen molar-refractivity contribution in [2.24, 2.45) is 5.41 Å². The number of thiazole rings is 1. The summed E-state index contributed by atoms with van der Waals surface area (Å²) in [6, 6.07) is 7.64. The lowest BCUT2D eigenvalue weighted by Gasteiger charge is -2.26. The van der Waals surface area contributed by atoms with Gasteiger partial charge in [0.05, 0.1) is 21.7 Å². The maximum atomic E-state index is 12.8. The van der Waals surface area contributed by atoms with E-state index in [1.54, 1.807) is 23.3 Å². The predicted octanol–water partition coefficient (Wildman–Crippen LogP) is 3.14. The Balaban J connectivity index is 1.47. The van der Waals surface area contributed by atoms with E-state index >= 15 is 0 Å². The van der Waals surface area contributed by atoms with E-state index in [0.29, 0.717) is 0 Å². The van der Waals surface area contributed by atoms with Crippen molar-refractivity contribution >= 4 is 39.3 Å². The first-order chi connectivity index (χ1) is 12.9. The summed E-state index contributed by atoms with van der Waals surface area (Å²) in [5, 5.41) is 0.846. The van der Waals surface area contributed by atoms with Crippen LogP contribution in [0, 0.1) is 5.41 Å². The van der Waals surface area contributed by atoms with Crippen LogP contribution in [0.3, 0.4) is 0 Å². The third-order valence-corrected chi connectivity index (χ3v) is 7.19. The molecule has 1 saturated carbocycles. The van der Waals surface area contributed by atoms with Crippen molar-refractivity contribution < 1.29 is 14.4 Å². The third-order valence-electron chi connectivity index (χ3n) is 5.99. The minimum atomic E-state index is -0.533. The lowest BCUT2D eigenvalue weighted by atomic mass is 9.84. The van der Waals surface area contributed by atoms with Crippen LogP contribution in [0.15, 0.2) is 24.3 Å². The summed E-state index contributed by atoms with van der Waals surface area (Å²) in [5.74, 6) is -0.603. The molecular formula is C20H23N3O3S. The van der Waals surface area contributed by atoms with Crippen LogP contribution in [-0.2, 0) is 14.4 Å². The summed E-state index contributed by atoms with van der Waals surface area (Å²) < 4.78 is 1.08. The second kappa shape index (κ2) is 6.71. The summed E-state index contributed by atoms with van der Waals surface area (Å²) in [5.41, 5.74) is 0.382. The zero-order valence-electron chi connectivity index (χ0n) is 15.6. The van der Waals surface area contributed by atoms with Gasteiger partial charge in [-0.2, -0.15) is 0 Å². The molecule has 4 rings (SSSR count). The monoisotopic (exact) mass is 385 g/mol. The highest BCUT2D eigenvalue weighted by Gasteiger charge is 2.53. The molecular weight excluding hydrogens is 362 g/mol. The molecule has 3 amide bonds. The van der Waals surface area contributed by atoms with Crippen molar-refractivity contribution in [1.82, 2.24) is 14.8 Å². The van der Waals surface area contributed by atoms with Gasteiger partial charge in [0.15, 0.2) is 0 Å². The molecule has 2 heterocycles.